The van der Waals surface area contributed by atoms with Crippen LogP contribution in [0.3, 0.4) is 0 Å². The van der Waals surface area contributed by atoms with Crippen molar-refractivity contribution in [1.29, 1.82) is 5.26 Å². The van der Waals surface area contributed by atoms with E-state index < -0.39 is 6.04 Å². The van der Waals surface area contributed by atoms with Crippen LogP contribution in [0.1, 0.15) is 17.2 Å². The van der Waals surface area contributed by atoms with Gasteiger partial charge in [0.25, 0.3) is 0 Å². The van der Waals surface area contributed by atoms with Gasteiger partial charge in [0.05, 0.1) is 41.6 Å². The minimum atomic E-state index is -0.520. The Morgan fingerprint density at radius 2 is 1.43 bits per heavy atom. The highest BCUT2D eigenvalue weighted by atomic mass is 16.5. The zero-order valence-electron chi connectivity index (χ0n) is 16.9. The van der Waals surface area contributed by atoms with Gasteiger partial charge in [0.1, 0.15) is 6.04 Å². The van der Waals surface area contributed by atoms with Crippen LogP contribution in [0.25, 0.3) is 0 Å². The van der Waals surface area contributed by atoms with Gasteiger partial charge < -0.3 is 23.7 Å². The lowest BCUT2D eigenvalue weighted by atomic mass is 10.1. The van der Waals surface area contributed by atoms with Crippen LogP contribution in [-0.2, 0) is 6.42 Å². The van der Waals surface area contributed by atoms with Gasteiger partial charge >= 0.3 is 0 Å². The summed E-state index contributed by atoms with van der Waals surface area (Å²) in [6, 6.07) is 11.1. The van der Waals surface area contributed by atoms with Crippen LogP contribution in [0, 0.1) is 11.3 Å². The van der Waals surface area contributed by atoms with E-state index >= 15 is 0 Å². The molecular weight excluding hydrogens is 360 g/mol. The molecule has 7 nitrogen and oxygen atoms in total. The van der Waals surface area contributed by atoms with Gasteiger partial charge in [-0.2, -0.15) is 5.26 Å². The van der Waals surface area contributed by atoms with Crippen LogP contribution in [0.5, 0.6) is 28.7 Å². The number of nitrogens with one attached hydrogen (secondary N) is 1. The van der Waals surface area contributed by atoms with E-state index in [1.807, 2.05) is 18.2 Å². The fourth-order valence-electron chi connectivity index (χ4n) is 2.90. The third-order valence-corrected chi connectivity index (χ3v) is 4.36. The highest BCUT2D eigenvalue weighted by Gasteiger charge is 2.18. The Balaban J connectivity index is 2.12. The maximum atomic E-state index is 9.62. The summed E-state index contributed by atoms with van der Waals surface area (Å²) >= 11 is 0. The molecule has 1 atom stereocenters. The van der Waals surface area contributed by atoms with Crippen molar-refractivity contribution in [2.75, 3.05) is 42.1 Å². The largest absolute Gasteiger partial charge is 0.493 e. The van der Waals surface area contributed by atoms with Crippen molar-refractivity contribution in [2.45, 2.75) is 12.5 Å². The Bertz CT molecular complexity index is 807. The molecule has 0 aliphatic carbocycles. The van der Waals surface area contributed by atoms with Crippen LogP contribution >= 0.6 is 0 Å². The first-order valence-electron chi connectivity index (χ1n) is 8.75. The second-order valence-corrected chi connectivity index (χ2v) is 5.91. The molecule has 0 spiro atoms. The number of nitriles is 1. The zero-order valence-corrected chi connectivity index (χ0v) is 16.9. The summed E-state index contributed by atoms with van der Waals surface area (Å²) in [5.41, 5.74) is 1.82. The lowest BCUT2D eigenvalue weighted by molar-refractivity contribution is 0.323. The molecular formula is C21H26N2O5. The van der Waals surface area contributed by atoms with E-state index in [-0.39, 0.29) is 0 Å². The lowest BCUT2D eigenvalue weighted by Crippen LogP contribution is -2.22. The molecule has 0 heterocycles. The highest BCUT2D eigenvalue weighted by molar-refractivity contribution is 5.55. The smallest absolute Gasteiger partial charge is 0.203 e. The molecule has 0 bridgehead atoms. The quantitative estimate of drug-likeness (QED) is 0.672. The average molecular weight is 386 g/mol. The van der Waals surface area contributed by atoms with Gasteiger partial charge in [-0.15, -0.1) is 0 Å². The van der Waals surface area contributed by atoms with Crippen LogP contribution in [0.15, 0.2) is 30.3 Å². The van der Waals surface area contributed by atoms with E-state index in [9.17, 15) is 5.26 Å². The first-order chi connectivity index (χ1) is 13.6. The van der Waals surface area contributed by atoms with Crippen molar-refractivity contribution in [3.63, 3.8) is 0 Å². The molecule has 0 radical (unpaired) electrons. The minimum absolute atomic E-state index is 0.496. The van der Waals surface area contributed by atoms with Crippen LogP contribution < -0.4 is 29.0 Å². The maximum absolute atomic E-state index is 9.62. The van der Waals surface area contributed by atoms with Crippen molar-refractivity contribution in [3.8, 4) is 34.8 Å². The van der Waals surface area contributed by atoms with E-state index in [1.165, 1.54) is 0 Å². The molecule has 0 amide bonds. The number of benzene rings is 2. The first kappa shape index (κ1) is 21.2. The van der Waals surface area contributed by atoms with Crippen molar-refractivity contribution in [1.82, 2.24) is 5.32 Å². The molecule has 0 aliphatic heterocycles. The Morgan fingerprint density at radius 1 is 0.821 bits per heavy atom. The van der Waals surface area contributed by atoms with E-state index in [4.69, 9.17) is 23.7 Å². The van der Waals surface area contributed by atoms with Crippen LogP contribution in [-0.4, -0.2) is 42.1 Å². The predicted molar refractivity (Wildman–Crippen MR) is 106 cm³/mol. The SMILES string of the molecule is COc1ccc(CCN[C@H](C#N)c2cc(OC)c(OC)c(OC)c2)cc1OC. The molecule has 0 aromatic heterocycles. The van der Waals surface area contributed by atoms with E-state index in [1.54, 1.807) is 47.7 Å². The molecule has 2 aromatic rings. The Labute approximate surface area is 165 Å². The summed E-state index contributed by atoms with van der Waals surface area (Å²) in [5, 5.41) is 12.9. The number of hydrogen-bond acceptors (Lipinski definition) is 7. The topological polar surface area (TPSA) is 82.0 Å². The van der Waals surface area contributed by atoms with E-state index in [2.05, 4.69) is 11.4 Å². The highest BCUT2D eigenvalue weighted by Crippen LogP contribution is 2.39. The maximum Gasteiger partial charge on any atom is 0.203 e. The number of methoxy groups -OCH3 is 5. The number of nitrogens with zero attached hydrogens (tertiary/aromatic N) is 1. The zero-order chi connectivity index (χ0) is 20.5. The molecule has 2 aromatic carbocycles. The monoisotopic (exact) mass is 386 g/mol. The summed E-state index contributed by atoms with van der Waals surface area (Å²) in [5.74, 6) is 2.89. The molecule has 150 valence electrons. The molecule has 28 heavy (non-hydrogen) atoms. The van der Waals surface area contributed by atoms with Crippen molar-refractivity contribution < 1.29 is 23.7 Å². The second-order valence-electron chi connectivity index (χ2n) is 5.91. The molecule has 0 saturated heterocycles. The Kier molecular flexibility index (Phi) is 7.78. The summed E-state index contributed by atoms with van der Waals surface area (Å²) in [7, 11) is 7.85. The Hall–Kier alpha value is -3.11. The number of rotatable bonds is 10. The molecule has 0 saturated carbocycles. The molecule has 0 fully saturated rings. The van der Waals surface area contributed by atoms with Gasteiger partial charge in [-0.1, -0.05) is 6.07 Å². The normalized spacial score (nSPS) is 11.3. The minimum Gasteiger partial charge on any atom is -0.493 e. The van der Waals surface area contributed by atoms with Gasteiger partial charge in [-0.3, -0.25) is 5.32 Å². The summed E-state index contributed by atoms with van der Waals surface area (Å²) in [6.45, 7) is 0.602. The van der Waals surface area contributed by atoms with Crippen molar-refractivity contribution >= 4 is 0 Å². The number of ether oxygens (including phenoxy) is 5. The fraction of sp³-hybridized carbons (Fsp3) is 0.381. The predicted octanol–water partition coefficient (Wildman–Crippen LogP) is 3.13. The van der Waals surface area contributed by atoms with Gasteiger partial charge in [-0.05, 0) is 41.8 Å². The van der Waals surface area contributed by atoms with Gasteiger partial charge in [0.15, 0.2) is 23.0 Å². The number of hydrogen-bond donors (Lipinski definition) is 1. The molecule has 2 rings (SSSR count). The van der Waals surface area contributed by atoms with Crippen molar-refractivity contribution in [2.24, 2.45) is 0 Å². The fourth-order valence-corrected chi connectivity index (χ4v) is 2.90. The molecule has 0 aliphatic rings. The first-order valence-corrected chi connectivity index (χ1v) is 8.75. The van der Waals surface area contributed by atoms with Gasteiger partial charge in [0.2, 0.25) is 5.75 Å². The van der Waals surface area contributed by atoms with E-state index in [0.29, 0.717) is 35.3 Å². The van der Waals surface area contributed by atoms with Gasteiger partial charge in [-0.25, -0.2) is 0 Å². The average Bonchev–Trinajstić information content (AvgIpc) is 2.75. The standard InChI is InChI=1S/C21H26N2O5/c1-24-17-7-6-14(10-18(17)25-2)8-9-23-16(13-22)15-11-19(26-3)21(28-5)20(12-15)27-4/h6-7,10-12,16,23H,8-9H2,1-5H3/t16-/m1/s1. The van der Waals surface area contributed by atoms with Crippen LogP contribution in [0.4, 0.5) is 0 Å². The molecule has 7 heteroatoms. The second kappa shape index (κ2) is 10.3. The molecule has 1 N–H and O–H groups in total. The lowest BCUT2D eigenvalue weighted by Gasteiger charge is -2.17. The Morgan fingerprint density at radius 3 is 1.93 bits per heavy atom. The van der Waals surface area contributed by atoms with Gasteiger partial charge in [0, 0.05) is 6.54 Å². The summed E-state index contributed by atoms with van der Waals surface area (Å²) < 4.78 is 26.6. The van der Waals surface area contributed by atoms with Crippen LogP contribution in [0.2, 0.25) is 0 Å². The molecule has 0 unspecified atom stereocenters. The van der Waals surface area contributed by atoms with Crippen molar-refractivity contribution in [3.05, 3.63) is 41.5 Å². The summed E-state index contributed by atoms with van der Waals surface area (Å²) in [4.78, 5) is 0. The third-order valence-electron chi connectivity index (χ3n) is 4.36. The van der Waals surface area contributed by atoms with E-state index in [0.717, 1.165) is 17.5 Å². The summed E-state index contributed by atoms with van der Waals surface area (Å²) in [6.07, 6.45) is 0.725. The third kappa shape index (κ3) is 4.78.